The van der Waals surface area contributed by atoms with Gasteiger partial charge in [-0.3, -0.25) is 0 Å². The Labute approximate surface area is 115 Å². The molecule has 1 N–H and O–H groups in total. The van der Waals surface area contributed by atoms with Crippen LogP contribution < -0.4 is 5.32 Å². The molecule has 1 heterocycles. The Morgan fingerprint density at radius 3 is 2.72 bits per heavy atom. The fraction of sp³-hybridized carbons (Fsp3) is 0.786. The van der Waals surface area contributed by atoms with Crippen LogP contribution in [0.2, 0.25) is 0 Å². The molecule has 18 heavy (non-hydrogen) atoms. The summed E-state index contributed by atoms with van der Waals surface area (Å²) in [7, 11) is 0. The van der Waals surface area contributed by atoms with Crippen molar-refractivity contribution in [3.05, 3.63) is 16.1 Å². The highest BCUT2D eigenvalue weighted by atomic mass is 32.1. The molecular weight excluding hydrogens is 244 g/mol. The number of hydrogen-bond donors (Lipinski definition) is 1. The molecule has 3 nitrogen and oxygen atoms in total. The van der Waals surface area contributed by atoms with Crippen molar-refractivity contribution >= 4 is 11.3 Å². The lowest BCUT2D eigenvalue weighted by Gasteiger charge is -2.13. The van der Waals surface area contributed by atoms with Crippen LogP contribution in [-0.2, 0) is 4.74 Å². The van der Waals surface area contributed by atoms with E-state index >= 15 is 0 Å². The summed E-state index contributed by atoms with van der Waals surface area (Å²) in [4.78, 5) is 4.73. The van der Waals surface area contributed by atoms with Gasteiger partial charge < -0.3 is 10.1 Å². The van der Waals surface area contributed by atoms with Gasteiger partial charge in [0.1, 0.15) is 11.1 Å². The van der Waals surface area contributed by atoms with Gasteiger partial charge in [0.25, 0.3) is 0 Å². The zero-order chi connectivity index (χ0) is 13.4. The van der Waals surface area contributed by atoms with Crippen LogP contribution in [0.25, 0.3) is 0 Å². The van der Waals surface area contributed by atoms with E-state index < -0.39 is 0 Å². The minimum Gasteiger partial charge on any atom is -0.371 e. The summed E-state index contributed by atoms with van der Waals surface area (Å²) in [5, 5.41) is 6.75. The molecule has 0 fully saturated rings. The zero-order valence-electron chi connectivity index (χ0n) is 12.0. The van der Waals surface area contributed by atoms with E-state index in [9.17, 15) is 0 Å². The van der Waals surface area contributed by atoms with E-state index in [1.54, 1.807) is 11.3 Å². The fourth-order valence-electron chi connectivity index (χ4n) is 1.85. The molecule has 0 aliphatic carbocycles. The van der Waals surface area contributed by atoms with Crippen LogP contribution in [0.5, 0.6) is 0 Å². The lowest BCUT2D eigenvalue weighted by Crippen LogP contribution is -2.19. The maximum Gasteiger partial charge on any atom is 0.122 e. The van der Waals surface area contributed by atoms with Gasteiger partial charge in [-0.05, 0) is 33.2 Å². The minimum absolute atomic E-state index is 0.178. The van der Waals surface area contributed by atoms with Crippen molar-refractivity contribution in [2.24, 2.45) is 0 Å². The Kier molecular flexibility index (Phi) is 7.47. The van der Waals surface area contributed by atoms with Gasteiger partial charge in [-0.2, -0.15) is 0 Å². The molecule has 0 saturated carbocycles. The number of aromatic nitrogens is 1. The predicted molar refractivity (Wildman–Crippen MR) is 78.1 cm³/mol. The molecule has 0 aliphatic rings. The molecule has 1 aromatic rings. The highest BCUT2D eigenvalue weighted by molar-refractivity contribution is 7.09. The lowest BCUT2D eigenvalue weighted by atomic mass is 10.2. The van der Waals surface area contributed by atoms with Crippen LogP contribution in [0.4, 0.5) is 0 Å². The van der Waals surface area contributed by atoms with E-state index in [1.807, 2.05) is 6.92 Å². The van der Waals surface area contributed by atoms with Gasteiger partial charge in [-0.25, -0.2) is 4.98 Å². The third-order valence-electron chi connectivity index (χ3n) is 2.88. The first kappa shape index (κ1) is 15.6. The van der Waals surface area contributed by atoms with Crippen molar-refractivity contribution in [2.45, 2.75) is 59.1 Å². The second-order valence-corrected chi connectivity index (χ2v) is 5.41. The van der Waals surface area contributed by atoms with Gasteiger partial charge >= 0.3 is 0 Å². The third-order valence-corrected chi connectivity index (χ3v) is 3.83. The first-order valence-electron chi connectivity index (χ1n) is 7.03. The molecular formula is C14H26N2OS. The van der Waals surface area contributed by atoms with E-state index in [-0.39, 0.29) is 6.10 Å². The Morgan fingerprint density at radius 1 is 1.33 bits per heavy atom. The molecule has 0 amide bonds. The molecule has 0 spiro atoms. The molecule has 1 rings (SSSR count). The van der Waals surface area contributed by atoms with Crippen molar-refractivity contribution in [2.75, 3.05) is 13.2 Å². The Hall–Kier alpha value is -0.450. The smallest absolute Gasteiger partial charge is 0.122 e. The maximum atomic E-state index is 5.77. The molecule has 104 valence electrons. The minimum atomic E-state index is 0.178. The first-order chi connectivity index (χ1) is 8.72. The van der Waals surface area contributed by atoms with Gasteiger partial charge in [0.2, 0.25) is 0 Å². The topological polar surface area (TPSA) is 34.1 Å². The molecule has 2 unspecified atom stereocenters. The lowest BCUT2D eigenvalue weighted by molar-refractivity contribution is 0.0554. The van der Waals surface area contributed by atoms with Crippen LogP contribution in [-0.4, -0.2) is 18.1 Å². The second kappa shape index (κ2) is 8.62. The van der Waals surface area contributed by atoms with Gasteiger partial charge in [-0.1, -0.05) is 20.3 Å². The molecule has 2 atom stereocenters. The van der Waals surface area contributed by atoms with Gasteiger partial charge in [0.15, 0.2) is 0 Å². The number of ether oxygens (including phenoxy) is 1. The Morgan fingerprint density at radius 2 is 2.11 bits per heavy atom. The molecule has 1 aromatic heterocycles. The summed E-state index contributed by atoms with van der Waals surface area (Å²) in [6.45, 7) is 10.4. The SMILES string of the molecule is CCCNC(C)c1csc(C(CCC)OCC)n1. The summed E-state index contributed by atoms with van der Waals surface area (Å²) in [6.07, 6.45) is 3.51. The molecule has 0 bridgehead atoms. The normalized spacial score (nSPS) is 14.7. The molecule has 0 saturated heterocycles. The van der Waals surface area contributed by atoms with Crippen LogP contribution in [0, 0.1) is 0 Å². The fourth-order valence-corrected chi connectivity index (χ4v) is 2.85. The number of nitrogens with one attached hydrogen (secondary N) is 1. The van der Waals surface area contributed by atoms with Crippen LogP contribution >= 0.6 is 11.3 Å². The molecule has 0 radical (unpaired) electrons. The third kappa shape index (κ3) is 4.67. The number of thiazole rings is 1. The van der Waals surface area contributed by atoms with E-state index in [2.05, 4.69) is 31.5 Å². The second-order valence-electron chi connectivity index (χ2n) is 4.52. The van der Waals surface area contributed by atoms with Crippen molar-refractivity contribution in [1.29, 1.82) is 0 Å². The predicted octanol–water partition coefficient (Wildman–Crippen LogP) is 4.08. The van der Waals surface area contributed by atoms with Gasteiger partial charge in [0, 0.05) is 18.0 Å². The Balaban J connectivity index is 2.64. The van der Waals surface area contributed by atoms with Crippen molar-refractivity contribution in [1.82, 2.24) is 10.3 Å². The van der Waals surface area contributed by atoms with Crippen molar-refractivity contribution < 1.29 is 4.74 Å². The number of rotatable bonds is 9. The summed E-state index contributed by atoms with van der Waals surface area (Å²) in [5.74, 6) is 0. The van der Waals surface area contributed by atoms with E-state index in [4.69, 9.17) is 9.72 Å². The zero-order valence-corrected chi connectivity index (χ0v) is 12.8. The molecule has 0 aromatic carbocycles. The maximum absolute atomic E-state index is 5.77. The summed E-state index contributed by atoms with van der Waals surface area (Å²) < 4.78 is 5.77. The number of nitrogens with zero attached hydrogens (tertiary/aromatic N) is 1. The van der Waals surface area contributed by atoms with Crippen LogP contribution in [0.3, 0.4) is 0 Å². The van der Waals surface area contributed by atoms with E-state index in [0.717, 1.165) is 43.1 Å². The van der Waals surface area contributed by atoms with Crippen LogP contribution in [0.1, 0.15) is 69.8 Å². The standard InChI is InChI=1S/C14H26N2OS/c1-5-8-13(17-7-3)14-16-12(10-18-14)11(4)15-9-6-2/h10-11,13,15H,5-9H2,1-4H3. The average Bonchev–Trinajstić information content (AvgIpc) is 2.85. The quantitative estimate of drug-likeness (QED) is 0.734. The molecule has 4 heteroatoms. The first-order valence-corrected chi connectivity index (χ1v) is 7.91. The number of hydrogen-bond acceptors (Lipinski definition) is 4. The van der Waals surface area contributed by atoms with E-state index in [1.165, 1.54) is 0 Å². The van der Waals surface area contributed by atoms with Crippen molar-refractivity contribution in [3.63, 3.8) is 0 Å². The molecule has 0 aliphatic heterocycles. The summed E-state index contributed by atoms with van der Waals surface area (Å²) >= 11 is 1.72. The highest BCUT2D eigenvalue weighted by Crippen LogP contribution is 2.27. The monoisotopic (exact) mass is 270 g/mol. The van der Waals surface area contributed by atoms with Gasteiger partial charge in [0.05, 0.1) is 5.69 Å². The Bertz CT molecular complexity index is 321. The summed E-state index contributed by atoms with van der Waals surface area (Å²) in [6, 6.07) is 0.332. The van der Waals surface area contributed by atoms with Crippen molar-refractivity contribution in [3.8, 4) is 0 Å². The van der Waals surface area contributed by atoms with Gasteiger partial charge in [-0.15, -0.1) is 11.3 Å². The average molecular weight is 270 g/mol. The summed E-state index contributed by atoms with van der Waals surface area (Å²) in [5.41, 5.74) is 1.14. The largest absolute Gasteiger partial charge is 0.371 e. The van der Waals surface area contributed by atoms with E-state index in [0.29, 0.717) is 6.04 Å². The van der Waals surface area contributed by atoms with Crippen LogP contribution in [0.15, 0.2) is 5.38 Å². The highest BCUT2D eigenvalue weighted by Gasteiger charge is 2.16.